The van der Waals surface area contributed by atoms with Gasteiger partial charge in [-0.2, -0.15) is 0 Å². The lowest BCUT2D eigenvalue weighted by Crippen LogP contribution is -2.54. The molecular formula is C33H24BF10NO2. The molecule has 0 aliphatic heterocycles. The van der Waals surface area contributed by atoms with Gasteiger partial charge in [0.25, 0.3) is 0 Å². The van der Waals surface area contributed by atoms with Gasteiger partial charge in [0, 0.05) is 21.7 Å². The van der Waals surface area contributed by atoms with E-state index in [4.69, 9.17) is 4.65 Å². The Hall–Kier alpha value is -4.49. The minimum Gasteiger partial charge on any atom is -0.509 e. The maximum Gasteiger partial charge on any atom is 0.444 e. The van der Waals surface area contributed by atoms with E-state index in [1.165, 1.54) is 12.1 Å². The molecule has 0 aliphatic carbocycles. The van der Waals surface area contributed by atoms with Crippen LogP contribution in [0.1, 0.15) is 52.7 Å². The third-order valence-electron chi connectivity index (χ3n) is 7.91. The topological polar surface area (TPSA) is 31.2 Å². The van der Waals surface area contributed by atoms with Crippen molar-refractivity contribution in [3.8, 4) is 0 Å². The van der Waals surface area contributed by atoms with Crippen molar-refractivity contribution in [1.82, 2.24) is 4.57 Å². The minimum absolute atomic E-state index is 0.0811. The molecule has 0 unspecified atom stereocenters. The Bertz CT molecular complexity index is 1930. The van der Waals surface area contributed by atoms with Crippen LogP contribution in [0.3, 0.4) is 0 Å². The third-order valence-corrected chi connectivity index (χ3v) is 7.91. The number of carbonyl (C=O) groups is 1. The first-order chi connectivity index (χ1) is 21.7. The monoisotopic (exact) mass is 667 g/mol. The molecule has 1 heterocycles. The quantitative estimate of drug-likeness (QED) is 0.0836. The number of hydrogen-bond acceptors (Lipinski definition) is 2. The first kappa shape index (κ1) is 33.9. The Kier molecular flexibility index (Phi) is 8.17. The summed E-state index contributed by atoms with van der Waals surface area (Å²) in [6, 6.07) is 9.72. The van der Waals surface area contributed by atoms with Crippen LogP contribution in [0.15, 0.2) is 36.4 Å². The van der Waals surface area contributed by atoms with Gasteiger partial charge >= 0.3 is 13.0 Å². The van der Waals surface area contributed by atoms with Gasteiger partial charge in [0.05, 0.1) is 11.0 Å². The molecule has 0 spiro atoms. The molecule has 3 nitrogen and oxygen atoms in total. The van der Waals surface area contributed by atoms with E-state index in [-0.39, 0.29) is 11.0 Å². The summed E-state index contributed by atoms with van der Waals surface area (Å²) in [4.78, 5) is 13.9. The van der Waals surface area contributed by atoms with Crippen molar-refractivity contribution in [2.75, 3.05) is 0 Å². The lowest BCUT2D eigenvalue weighted by atomic mass is 9.54. The molecule has 4 aromatic carbocycles. The standard InChI is InChI=1S/C33H24BF10NO2/c1-32(2,3)13-7-9-17-15(11-13)16-12-14(33(4,5)6)8-10-18(16)45(17)31(46)47-34(19-21(35)25(39)29(43)26(40)22(19)36)20-23(37)27(41)30(44)28(42)24(20)38/h7-12H,1-6H3. The summed E-state index contributed by atoms with van der Waals surface area (Å²) < 4.78 is 151. The Balaban J connectivity index is 1.83. The Morgan fingerprint density at radius 3 is 1.13 bits per heavy atom. The van der Waals surface area contributed by atoms with Gasteiger partial charge in [-0.15, -0.1) is 0 Å². The summed E-state index contributed by atoms with van der Waals surface area (Å²) in [6.07, 6.45) is -1.70. The van der Waals surface area contributed by atoms with Gasteiger partial charge < -0.3 is 4.65 Å². The number of benzene rings is 4. The summed E-state index contributed by atoms with van der Waals surface area (Å²) in [5.74, 6) is -26.8. The highest BCUT2D eigenvalue weighted by Gasteiger charge is 2.44. The molecule has 0 atom stereocenters. The summed E-state index contributed by atoms with van der Waals surface area (Å²) in [7, 11) is 0. The van der Waals surface area contributed by atoms with Crippen LogP contribution in [0.5, 0.6) is 0 Å². The second kappa shape index (κ2) is 11.3. The van der Waals surface area contributed by atoms with Crippen LogP contribution in [-0.2, 0) is 15.5 Å². The van der Waals surface area contributed by atoms with Crippen molar-refractivity contribution >= 4 is 45.7 Å². The van der Waals surface area contributed by atoms with E-state index in [0.29, 0.717) is 10.8 Å². The van der Waals surface area contributed by atoms with Gasteiger partial charge in [-0.3, -0.25) is 0 Å². The molecule has 5 aromatic rings. The number of halogens is 10. The van der Waals surface area contributed by atoms with Crippen LogP contribution in [-0.4, -0.2) is 17.6 Å². The molecule has 14 heteroatoms. The van der Waals surface area contributed by atoms with Crippen LogP contribution < -0.4 is 10.9 Å². The van der Waals surface area contributed by atoms with Gasteiger partial charge in [0.2, 0.25) is 0 Å². The zero-order chi connectivity index (χ0) is 35.1. The number of carbonyl (C=O) groups excluding carboxylic acids is 1. The molecule has 5 rings (SSSR count). The number of hydrogen-bond donors (Lipinski definition) is 0. The fourth-order valence-electron chi connectivity index (χ4n) is 5.27. The summed E-state index contributed by atoms with van der Waals surface area (Å²) in [5.41, 5.74) is -3.35. The molecule has 0 aliphatic rings. The van der Waals surface area contributed by atoms with Gasteiger partial charge in [-0.25, -0.2) is 53.3 Å². The first-order valence-electron chi connectivity index (χ1n) is 14.0. The van der Waals surface area contributed by atoms with E-state index in [2.05, 4.69) is 0 Å². The van der Waals surface area contributed by atoms with Crippen molar-refractivity contribution in [3.05, 3.63) is 106 Å². The number of aromatic nitrogens is 1. The second-order valence-corrected chi connectivity index (χ2v) is 13.0. The van der Waals surface area contributed by atoms with E-state index in [0.717, 1.165) is 15.7 Å². The molecule has 246 valence electrons. The van der Waals surface area contributed by atoms with Gasteiger partial charge in [0.15, 0.2) is 58.2 Å². The van der Waals surface area contributed by atoms with E-state index >= 15 is 17.6 Å². The van der Waals surface area contributed by atoms with Crippen LogP contribution >= 0.6 is 0 Å². The maximum absolute atomic E-state index is 15.1. The number of fused-ring (bicyclic) bond motifs is 3. The minimum atomic E-state index is -3.35. The highest BCUT2D eigenvalue weighted by molar-refractivity contribution is 6.81. The molecule has 0 bridgehead atoms. The van der Waals surface area contributed by atoms with Crippen molar-refractivity contribution in [3.63, 3.8) is 0 Å². The van der Waals surface area contributed by atoms with E-state index < -0.39 is 92.9 Å². The summed E-state index contributed by atoms with van der Waals surface area (Å²) in [6.45, 7) is 8.15. The molecule has 0 fully saturated rings. The zero-order valence-electron chi connectivity index (χ0n) is 25.6. The van der Waals surface area contributed by atoms with Crippen molar-refractivity contribution in [1.29, 1.82) is 0 Å². The average molecular weight is 667 g/mol. The zero-order valence-corrected chi connectivity index (χ0v) is 25.6. The largest absolute Gasteiger partial charge is 0.509 e. The van der Waals surface area contributed by atoms with Crippen molar-refractivity contribution in [2.24, 2.45) is 0 Å². The lowest BCUT2D eigenvalue weighted by molar-refractivity contribution is 0.205. The van der Waals surface area contributed by atoms with E-state index in [1.807, 2.05) is 41.5 Å². The van der Waals surface area contributed by atoms with E-state index in [1.54, 1.807) is 24.3 Å². The van der Waals surface area contributed by atoms with Crippen LogP contribution in [0.25, 0.3) is 21.8 Å². The predicted molar refractivity (Wildman–Crippen MR) is 156 cm³/mol. The summed E-state index contributed by atoms with van der Waals surface area (Å²) in [5, 5.41) is 0.888. The van der Waals surface area contributed by atoms with Crippen LogP contribution in [0.4, 0.5) is 48.7 Å². The first-order valence-corrected chi connectivity index (χ1v) is 14.0. The van der Waals surface area contributed by atoms with Gasteiger partial charge in [0.1, 0.15) is 0 Å². The van der Waals surface area contributed by atoms with Crippen LogP contribution in [0, 0.1) is 58.2 Å². The van der Waals surface area contributed by atoms with Crippen molar-refractivity contribution in [2.45, 2.75) is 52.4 Å². The molecule has 1 aromatic heterocycles. The molecule has 47 heavy (non-hydrogen) atoms. The van der Waals surface area contributed by atoms with Gasteiger partial charge in [-0.1, -0.05) is 53.7 Å². The smallest absolute Gasteiger partial charge is 0.444 e. The fourth-order valence-corrected chi connectivity index (χ4v) is 5.27. The molecule has 0 N–H and O–H groups in total. The van der Waals surface area contributed by atoms with Crippen molar-refractivity contribution < 1.29 is 53.4 Å². The highest BCUT2D eigenvalue weighted by Crippen LogP contribution is 2.36. The summed E-state index contributed by atoms with van der Waals surface area (Å²) >= 11 is 0. The maximum atomic E-state index is 15.1. The number of rotatable bonds is 3. The fraction of sp³-hybridized carbons (Fsp3) is 0.242. The van der Waals surface area contributed by atoms with E-state index in [9.17, 15) is 31.1 Å². The molecule has 0 amide bonds. The Morgan fingerprint density at radius 2 is 0.830 bits per heavy atom. The SMILES string of the molecule is CC(C)(C)c1ccc2c(c1)c1cc(C(C)(C)C)ccc1n2C(=O)OB(c1c(F)c(F)c(F)c(F)c1F)c1c(F)c(F)c(F)c(F)c1F. The van der Waals surface area contributed by atoms with Crippen LogP contribution in [0.2, 0.25) is 0 Å². The Labute approximate surface area is 261 Å². The normalized spacial score (nSPS) is 12.3. The molecule has 0 saturated carbocycles. The third kappa shape index (κ3) is 5.40. The number of nitrogens with zero attached hydrogens (tertiary/aromatic N) is 1. The molecule has 0 saturated heterocycles. The predicted octanol–water partition coefficient (Wildman–Crippen LogP) is 8.57. The highest BCUT2D eigenvalue weighted by atomic mass is 19.2. The lowest BCUT2D eigenvalue weighted by Gasteiger charge is -2.20. The molecule has 0 radical (unpaired) electrons. The second-order valence-electron chi connectivity index (χ2n) is 13.0. The molecular weight excluding hydrogens is 643 g/mol. The Morgan fingerprint density at radius 1 is 0.532 bits per heavy atom. The average Bonchev–Trinajstić information content (AvgIpc) is 3.33. The van der Waals surface area contributed by atoms with Gasteiger partial charge in [-0.05, 0) is 46.2 Å².